The molecule has 1 aliphatic heterocycles. The summed E-state index contributed by atoms with van der Waals surface area (Å²) >= 11 is 6.39. The molecule has 3 rings (SSSR count). The Labute approximate surface area is 135 Å². The van der Waals surface area contributed by atoms with Gasteiger partial charge in [-0.3, -0.25) is 9.58 Å². The fourth-order valence-corrected chi connectivity index (χ4v) is 3.28. The Morgan fingerprint density at radius 2 is 2.18 bits per heavy atom. The molecule has 1 unspecified atom stereocenters. The lowest BCUT2D eigenvalue weighted by Crippen LogP contribution is -2.34. The summed E-state index contributed by atoms with van der Waals surface area (Å²) in [5.41, 5.74) is 1.92. The van der Waals surface area contributed by atoms with E-state index in [0.717, 1.165) is 48.2 Å². The van der Waals surface area contributed by atoms with Crippen molar-refractivity contribution < 1.29 is 4.52 Å². The highest BCUT2D eigenvalue weighted by molar-refractivity contribution is 6.31. The van der Waals surface area contributed by atoms with Gasteiger partial charge in [0.05, 0.1) is 22.5 Å². The van der Waals surface area contributed by atoms with Gasteiger partial charge in [0.15, 0.2) is 5.82 Å². The number of rotatable bonds is 4. The summed E-state index contributed by atoms with van der Waals surface area (Å²) in [5.74, 6) is 1.50. The molecule has 120 valence electrons. The number of piperidine rings is 1. The first-order chi connectivity index (χ1) is 10.6. The number of nitrogens with zero attached hydrogens (tertiary/aromatic N) is 5. The van der Waals surface area contributed by atoms with Crippen LogP contribution >= 0.6 is 11.6 Å². The van der Waals surface area contributed by atoms with Gasteiger partial charge in [0.2, 0.25) is 5.89 Å². The van der Waals surface area contributed by atoms with Crippen LogP contribution in [0.1, 0.15) is 55.3 Å². The molecule has 6 nitrogen and oxygen atoms in total. The van der Waals surface area contributed by atoms with E-state index in [4.69, 9.17) is 16.1 Å². The minimum atomic E-state index is 0.198. The number of aryl methyl sites for hydroxylation is 3. The Kier molecular flexibility index (Phi) is 4.49. The monoisotopic (exact) mass is 323 g/mol. The Hall–Kier alpha value is -1.40. The standard InChI is InChI=1S/C15H22ClN5O/c1-4-13-17-15(19-22-13)11-7-5-6-8-21(11)9-12-14(16)10(2)18-20(12)3/h11H,4-9H2,1-3H3. The first-order valence-corrected chi connectivity index (χ1v) is 8.22. The third-order valence-electron chi connectivity index (χ3n) is 4.31. The van der Waals surface area contributed by atoms with Gasteiger partial charge >= 0.3 is 0 Å². The van der Waals surface area contributed by atoms with Crippen molar-refractivity contribution in [1.82, 2.24) is 24.8 Å². The van der Waals surface area contributed by atoms with Crippen molar-refractivity contribution in [2.45, 2.75) is 52.1 Å². The molecule has 0 spiro atoms. The number of halogens is 1. The van der Waals surface area contributed by atoms with Gasteiger partial charge in [-0.1, -0.05) is 30.1 Å². The first kappa shape index (κ1) is 15.5. The molecule has 0 radical (unpaired) electrons. The summed E-state index contributed by atoms with van der Waals surface area (Å²) in [6, 6.07) is 0.198. The zero-order valence-electron chi connectivity index (χ0n) is 13.3. The second kappa shape index (κ2) is 6.38. The van der Waals surface area contributed by atoms with E-state index < -0.39 is 0 Å². The summed E-state index contributed by atoms with van der Waals surface area (Å²) in [7, 11) is 1.94. The van der Waals surface area contributed by atoms with Crippen LogP contribution in [0, 0.1) is 6.92 Å². The predicted molar refractivity (Wildman–Crippen MR) is 83.6 cm³/mol. The molecular weight excluding hydrogens is 302 g/mol. The van der Waals surface area contributed by atoms with Crippen LogP contribution in [0.15, 0.2) is 4.52 Å². The molecule has 1 fully saturated rings. The van der Waals surface area contributed by atoms with Crippen molar-refractivity contribution in [3.05, 3.63) is 28.1 Å². The molecule has 7 heteroatoms. The molecule has 1 atom stereocenters. The molecule has 2 aromatic rings. The summed E-state index contributed by atoms with van der Waals surface area (Å²) < 4.78 is 7.16. The molecule has 0 amide bonds. The molecule has 0 aromatic carbocycles. The Balaban J connectivity index is 1.83. The third-order valence-corrected chi connectivity index (χ3v) is 4.80. The number of likely N-dealkylation sites (tertiary alicyclic amines) is 1. The van der Waals surface area contributed by atoms with E-state index >= 15 is 0 Å². The number of hydrogen-bond donors (Lipinski definition) is 0. The van der Waals surface area contributed by atoms with Gasteiger partial charge in [0.25, 0.3) is 0 Å². The molecule has 0 aliphatic carbocycles. The minimum Gasteiger partial charge on any atom is -0.339 e. The van der Waals surface area contributed by atoms with Gasteiger partial charge in [0, 0.05) is 20.0 Å². The van der Waals surface area contributed by atoms with Crippen LogP contribution in [0.5, 0.6) is 0 Å². The van der Waals surface area contributed by atoms with Gasteiger partial charge in [-0.25, -0.2) is 0 Å². The third kappa shape index (κ3) is 2.90. The van der Waals surface area contributed by atoms with Crippen LogP contribution in [0.25, 0.3) is 0 Å². The molecule has 2 aromatic heterocycles. The van der Waals surface area contributed by atoms with Crippen molar-refractivity contribution in [3.8, 4) is 0 Å². The minimum absolute atomic E-state index is 0.198. The summed E-state index contributed by atoms with van der Waals surface area (Å²) in [6.45, 7) is 5.73. The molecule has 0 N–H and O–H groups in total. The smallest absolute Gasteiger partial charge is 0.226 e. The lowest BCUT2D eigenvalue weighted by Gasteiger charge is -2.33. The zero-order chi connectivity index (χ0) is 15.7. The molecular formula is C15H22ClN5O. The van der Waals surface area contributed by atoms with Crippen molar-refractivity contribution in [2.24, 2.45) is 7.05 Å². The van der Waals surface area contributed by atoms with Gasteiger partial charge in [-0.15, -0.1) is 0 Å². The normalized spacial score (nSPS) is 19.7. The average Bonchev–Trinajstić information content (AvgIpc) is 3.08. The maximum absolute atomic E-state index is 6.39. The highest BCUT2D eigenvalue weighted by atomic mass is 35.5. The van der Waals surface area contributed by atoms with Gasteiger partial charge in [-0.05, 0) is 26.3 Å². The topological polar surface area (TPSA) is 60.0 Å². The van der Waals surface area contributed by atoms with Crippen LogP contribution in [0.3, 0.4) is 0 Å². The molecule has 1 aliphatic rings. The second-order valence-electron chi connectivity index (χ2n) is 5.85. The summed E-state index contributed by atoms with van der Waals surface area (Å²) in [5, 5.41) is 9.33. The van der Waals surface area contributed by atoms with Gasteiger partial charge in [-0.2, -0.15) is 10.1 Å². The van der Waals surface area contributed by atoms with Crippen LogP contribution in [0.2, 0.25) is 5.02 Å². The molecule has 0 bridgehead atoms. The summed E-state index contributed by atoms with van der Waals surface area (Å²) in [4.78, 5) is 6.90. The fourth-order valence-electron chi connectivity index (χ4n) is 3.06. The van der Waals surface area contributed by atoms with Crippen molar-refractivity contribution in [2.75, 3.05) is 6.54 Å². The van der Waals surface area contributed by atoms with E-state index in [-0.39, 0.29) is 6.04 Å². The Morgan fingerprint density at radius 1 is 1.36 bits per heavy atom. The van der Waals surface area contributed by atoms with E-state index in [1.54, 1.807) is 0 Å². The van der Waals surface area contributed by atoms with Crippen LogP contribution in [-0.4, -0.2) is 31.4 Å². The van der Waals surface area contributed by atoms with E-state index in [9.17, 15) is 0 Å². The fraction of sp³-hybridized carbons (Fsp3) is 0.667. The summed E-state index contributed by atoms with van der Waals surface area (Å²) in [6.07, 6.45) is 4.20. The Bertz CT molecular complexity index is 650. The van der Waals surface area contributed by atoms with Gasteiger partial charge in [0.1, 0.15) is 0 Å². The van der Waals surface area contributed by atoms with Crippen molar-refractivity contribution in [3.63, 3.8) is 0 Å². The maximum atomic E-state index is 6.39. The number of hydrogen-bond acceptors (Lipinski definition) is 5. The van der Waals surface area contributed by atoms with Crippen LogP contribution < -0.4 is 0 Å². The SMILES string of the molecule is CCc1nc(C2CCCCN2Cc2c(Cl)c(C)nn2C)no1. The van der Waals surface area contributed by atoms with E-state index in [2.05, 4.69) is 20.1 Å². The van der Waals surface area contributed by atoms with Crippen molar-refractivity contribution in [1.29, 1.82) is 0 Å². The highest BCUT2D eigenvalue weighted by Crippen LogP contribution is 2.32. The second-order valence-corrected chi connectivity index (χ2v) is 6.23. The van der Waals surface area contributed by atoms with Gasteiger partial charge < -0.3 is 4.52 Å². The van der Waals surface area contributed by atoms with E-state index in [1.165, 1.54) is 12.8 Å². The molecule has 3 heterocycles. The lowest BCUT2D eigenvalue weighted by molar-refractivity contribution is 0.128. The van der Waals surface area contributed by atoms with E-state index in [1.807, 2.05) is 25.6 Å². The Morgan fingerprint density at radius 3 is 2.82 bits per heavy atom. The zero-order valence-corrected chi connectivity index (χ0v) is 14.1. The highest BCUT2D eigenvalue weighted by Gasteiger charge is 2.29. The van der Waals surface area contributed by atoms with Crippen molar-refractivity contribution >= 4 is 11.6 Å². The average molecular weight is 324 g/mol. The first-order valence-electron chi connectivity index (χ1n) is 7.84. The lowest BCUT2D eigenvalue weighted by atomic mass is 10.0. The molecule has 22 heavy (non-hydrogen) atoms. The van der Waals surface area contributed by atoms with Crippen LogP contribution in [0.4, 0.5) is 0 Å². The van der Waals surface area contributed by atoms with Crippen LogP contribution in [-0.2, 0) is 20.0 Å². The molecule has 1 saturated heterocycles. The number of aromatic nitrogens is 4. The largest absolute Gasteiger partial charge is 0.339 e. The predicted octanol–water partition coefficient (Wildman–Crippen LogP) is 3.05. The maximum Gasteiger partial charge on any atom is 0.226 e. The van der Waals surface area contributed by atoms with E-state index in [0.29, 0.717) is 5.89 Å². The molecule has 0 saturated carbocycles. The quantitative estimate of drug-likeness (QED) is 0.865.